The molecule has 2 saturated heterocycles. The predicted octanol–water partition coefficient (Wildman–Crippen LogP) is 1.28. The van der Waals surface area contributed by atoms with Gasteiger partial charge < -0.3 is 10.2 Å². The van der Waals surface area contributed by atoms with Crippen LogP contribution in [0.2, 0.25) is 0 Å². The Morgan fingerprint density at radius 2 is 1.79 bits per heavy atom. The second-order valence-corrected chi connectivity index (χ2v) is 8.54. The van der Waals surface area contributed by atoms with Crippen LogP contribution < -0.4 is 5.32 Å². The lowest BCUT2D eigenvalue weighted by atomic mass is 9.95. The molecule has 0 spiro atoms. The molecule has 0 amide bonds. The first-order valence-corrected chi connectivity index (χ1v) is 9.46. The van der Waals surface area contributed by atoms with E-state index < -0.39 is 9.84 Å². The molecule has 4 nitrogen and oxygen atoms in total. The van der Waals surface area contributed by atoms with E-state index in [1.807, 2.05) is 6.92 Å². The molecule has 2 fully saturated rings. The van der Waals surface area contributed by atoms with E-state index in [9.17, 15) is 8.42 Å². The summed E-state index contributed by atoms with van der Waals surface area (Å²) in [4.78, 5) is 2.32. The molecule has 0 saturated carbocycles. The minimum absolute atomic E-state index is 0.167. The number of rotatable bonds is 5. The summed E-state index contributed by atoms with van der Waals surface area (Å²) in [5, 5.41) is 3.13. The Kier molecular flexibility index (Phi) is 5.66. The van der Waals surface area contributed by atoms with Gasteiger partial charge in [-0.3, -0.25) is 0 Å². The van der Waals surface area contributed by atoms with Gasteiger partial charge in [0.1, 0.15) is 0 Å². The molecule has 1 N–H and O–H groups in total. The fourth-order valence-electron chi connectivity index (χ4n) is 3.23. The Hall–Kier alpha value is -0.130. The van der Waals surface area contributed by atoms with E-state index >= 15 is 0 Å². The summed E-state index contributed by atoms with van der Waals surface area (Å²) in [5.74, 6) is 0.700. The standard InChI is InChI=1S/C14H28N2O2S/c1-13(14-5-7-15-8-6-14)19(17,18)12-11-16-9-3-2-4-10-16/h13-15H,2-12H2,1H3. The molecule has 19 heavy (non-hydrogen) atoms. The van der Waals surface area contributed by atoms with Crippen molar-refractivity contribution < 1.29 is 8.42 Å². The van der Waals surface area contributed by atoms with Crippen LogP contribution in [0.25, 0.3) is 0 Å². The largest absolute Gasteiger partial charge is 0.317 e. The van der Waals surface area contributed by atoms with Crippen molar-refractivity contribution in [1.29, 1.82) is 0 Å². The van der Waals surface area contributed by atoms with Crippen molar-refractivity contribution >= 4 is 9.84 Å². The number of nitrogens with one attached hydrogen (secondary N) is 1. The normalized spacial score (nSPS) is 25.3. The molecule has 2 heterocycles. The van der Waals surface area contributed by atoms with Gasteiger partial charge in [0.2, 0.25) is 0 Å². The topological polar surface area (TPSA) is 49.4 Å². The van der Waals surface area contributed by atoms with Crippen LogP contribution in [0, 0.1) is 5.92 Å². The van der Waals surface area contributed by atoms with Crippen molar-refractivity contribution in [3.05, 3.63) is 0 Å². The Morgan fingerprint density at radius 3 is 2.42 bits per heavy atom. The van der Waals surface area contributed by atoms with Crippen LogP contribution in [0.5, 0.6) is 0 Å². The summed E-state index contributed by atoms with van der Waals surface area (Å²) in [6.07, 6.45) is 5.76. The van der Waals surface area contributed by atoms with Crippen LogP contribution >= 0.6 is 0 Å². The van der Waals surface area contributed by atoms with E-state index in [0.29, 0.717) is 11.7 Å². The van der Waals surface area contributed by atoms with Gasteiger partial charge in [-0.25, -0.2) is 8.42 Å². The average Bonchev–Trinajstić information content (AvgIpc) is 2.46. The van der Waals surface area contributed by atoms with E-state index in [-0.39, 0.29) is 5.25 Å². The maximum atomic E-state index is 12.4. The van der Waals surface area contributed by atoms with Gasteiger partial charge in [0.25, 0.3) is 0 Å². The molecule has 1 atom stereocenters. The zero-order valence-corrected chi connectivity index (χ0v) is 12.9. The number of likely N-dealkylation sites (tertiary alicyclic amines) is 1. The smallest absolute Gasteiger partial charge is 0.154 e. The van der Waals surface area contributed by atoms with E-state index in [4.69, 9.17) is 0 Å². The zero-order valence-electron chi connectivity index (χ0n) is 12.1. The van der Waals surface area contributed by atoms with Crippen molar-refractivity contribution in [3.63, 3.8) is 0 Å². The Labute approximate surface area is 117 Å². The molecule has 0 aromatic heterocycles. The fourth-order valence-corrected chi connectivity index (χ4v) is 4.98. The summed E-state index contributed by atoms with van der Waals surface area (Å²) in [6.45, 7) is 6.75. The number of nitrogens with zero attached hydrogens (tertiary/aromatic N) is 1. The Morgan fingerprint density at radius 1 is 1.16 bits per heavy atom. The maximum absolute atomic E-state index is 12.4. The highest BCUT2D eigenvalue weighted by Gasteiger charge is 2.30. The summed E-state index contributed by atoms with van der Waals surface area (Å²) in [5.41, 5.74) is 0. The van der Waals surface area contributed by atoms with Crippen LogP contribution in [0.4, 0.5) is 0 Å². The van der Waals surface area contributed by atoms with E-state index in [0.717, 1.165) is 45.6 Å². The van der Waals surface area contributed by atoms with Gasteiger partial charge in [-0.2, -0.15) is 0 Å². The summed E-state index contributed by atoms with van der Waals surface area (Å²) in [6, 6.07) is 0. The highest BCUT2D eigenvalue weighted by atomic mass is 32.2. The molecule has 5 heteroatoms. The lowest BCUT2D eigenvalue weighted by molar-refractivity contribution is 0.240. The summed E-state index contributed by atoms with van der Waals surface area (Å²) in [7, 11) is -2.93. The van der Waals surface area contributed by atoms with Crippen molar-refractivity contribution in [2.45, 2.75) is 44.3 Å². The van der Waals surface area contributed by atoms with Gasteiger partial charge in [-0.15, -0.1) is 0 Å². The first-order valence-electron chi connectivity index (χ1n) is 7.74. The third-order valence-corrected chi connectivity index (χ3v) is 7.02. The van der Waals surface area contributed by atoms with Gasteiger partial charge in [0.15, 0.2) is 9.84 Å². The van der Waals surface area contributed by atoms with Gasteiger partial charge in [0, 0.05) is 6.54 Å². The molecule has 1 unspecified atom stereocenters. The van der Waals surface area contributed by atoms with Crippen molar-refractivity contribution in [3.8, 4) is 0 Å². The van der Waals surface area contributed by atoms with Crippen LogP contribution in [-0.2, 0) is 9.84 Å². The minimum Gasteiger partial charge on any atom is -0.317 e. The molecule has 0 aliphatic carbocycles. The second-order valence-electron chi connectivity index (χ2n) is 6.06. The van der Waals surface area contributed by atoms with Crippen LogP contribution in [0.1, 0.15) is 39.0 Å². The molecular formula is C14H28N2O2S. The van der Waals surface area contributed by atoms with Crippen molar-refractivity contribution in [2.75, 3.05) is 38.5 Å². The van der Waals surface area contributed by atoms with Gasteiger partial charge in [-0.1, -0.05) is 6.42 Å². The van der Waals surface area contributed by atoms with Crippen LogP contribution in [0.3, 0.4) is 0 Å². The molecule has 0 aromatic rings. The van der Waals surface area contributed by atoms with Crippen molar-refractivity contribution in [1.82, 2.24) is 10.2 Å². The van der Waals surface area contributed by atoms with Crippen LogP contribution in [0.15, 0.2) is 0 Å². The lowest BCUT2D eigenvalue weighted by Gasteiger charge is -2.30. The molecule has 0 radical (unpaired) electrons. The van der Waals surface area contributed by atoms with Gasteiger partial charge in [0.05, 0.1) is 11.0 Å². The highest BCUT2D eigenvalue weighted by Crippen LogP contribution is 2.22. The summed E-state index contributed by atoms with van der Waals surface area (Å²) >= 11 is 0. The number of piperidine rings is 2. The fraction of sp³-hybridized carbons (Fsp3) is 1.00. The van der Waals surface area contributed by atoms with E-state index in [1.54, 1.807) is 0 Å². The second kappa shape index (κ2) is 7.04. The molecule has 2 aliphatic rings. The predicted molar refractivity (Wildman–Crippen MR) is 79.1 cm³/mol. The Balaban J connectivity index is 1.82. The van der Waals surface area contributed by atoms with Crippen molar-refractivity contribution in [2.24, 2.45) is 5.92 Å². The lowest BCUT2D eigenvalue weighted by Crippen LogP contribution is -2.40. The van der Waals surface area contributed by atoms with Gasteiger partial charge >= 0.3 is 0 Å². The molecule has 0 aromatic carbocycles. The molecule has 2 aliphatic heterocycles. The third-order valence-electron chi connectivity index (χ3n) is 4.75. The Bertz CT molecular complexity index is 358. The SMILES string of the molecule is CC(C1CCNCC1)S(=O)(=O)CCN1CCCCC1. The number of hydrogen-bond acceptors (Lipinski definition) is 4. The molecule has 112 valence electrons. The van der Waals surface area contributed by atoms with E-state index in [2.05, 4.69) is 10.2 Å². The quantitative estimate of drug-likeness (QED) is 0.828. The first kappa shape index (κ1) is 15.3. The zero-order chi connectivity index (χ0) is 13.7. The molecule has 0 bridgehead atoms. The highest BCUT2D eigenvalue weighted by molar-refractivity contribution is 7.92. The monoisotopic (exact) mass is 288 g/mol. The first-order chi connectivity index (χ1) is 9.09. The van der Waals surface area contributed by atoms with Crippen LogP contribution in [-0.4, -0.2) is 57.0 Å². The summed E-state index contributed by atoms with van der Waals surface area (Å²) < 4.78 is 24.9. The molecular weight excluding hydrogens is 260 g/mol. The van der Waals surface area contributed by atoms with Gasteiger partial charge in [-0.05, 0) is 64.7 Å². The maximum Gasteiger partial charge on any atom is 0.154 e. The van der Waals surface area contributed by atoms with E-state index in [1.165, 1.54) is 19.3 Å². The average molecular weight is 288 g/mol. The minimum atomic E-state index is -2.93. The number of sulfone groups is 1. The number of hydrogen-bond donors (Lipinski definition) is 1. The third kappa shape index (κ3) is 4.43. The molecule has 2 rings (SSSR count).